The quantitative estimate of drug-likeness (QED) is 0.908. The number of carbonyl (C=O) groups is 2. The average Bonchev–Trinajstić information content (AvgIpc) is 2.66. The third-order valence-electron chi connectivity index (χ3n) is 4.57. The Morgan fingerprint density at radius 3 is 2.68 bits per heavy atom. The fourth-order valence-electron chi connectivity index (χ4n) is 3.45. The molecule has 0 saturated heterocycles. The smallest absolute Gasteiger partial charge is 0.331 e. The van der Waals surface area contributed by atoms with Crippen LogP contribution in [0.4, 0.5) is 0 Å². The Bertz CT molecular complexity index is 847. The summed E-state index contributed by atoms with van der Waals surface area (Å²) in [6.45, 7) is 1.14. The molecule has 2 aromatic carbocycles. The molecule has 0 bridgehead atoms. The molecule has 1 unspecified atom stereocenters. The monoisotopic (exact) mass is 339 g/mol. The molecule has 2 aromatic rings. The van der Waals surface area contributed by atoms with Gasteiger partial charge in [0.25, 0.3) is 5.91 Å². The SMILES string of the molecule is O=C(O)C1c2ccccc2CCN1C(=O)c1cccc2c1OCCO2. The van der Waals surface area contributed by atoms with Crippen LogP contribution in [0.5, 0.6) is 11.5 Å². The normalized spacial score (nSPS) is 18.4. The molecule has 0 fully saturated rings. The first-order chi connectivity index (χ1) is 12.2. The van der Waals surface area contributed by atoms with Crippen LogP contribution in [-0.2, 0) is 11.2 Å². The second kappa shape index (κ2) is 6.12. The second-order valence-corrected chi connectivity index (χ2v) is 6.02. The Morgan fingerprint density at radius 2 is 1.84 bits per heavy atom. The van der Waals surface area contributed by atoms with Gasteiger partial charge in [-0.05, 0) is 29.7 Å². The zero-order chi connectivity index (χ0) is 17.4. The molecule has 25 heavy (non-hydrogen) atoms. The first kappa shape index (κ1) is 15.5. The van der Waals surface area contributed by atoms with E-state index in [1.54, 1.807) is 30.3 Å². The van der Waals surface area contributed by atoms with Gasteiger partial charge < -0.3 is 19.5 Å². The van der Waals surface area contributed by atoms with Gasteiger partial charge in [0.05, 0.1) is 5.56 Å². The predicted molar refractivity (Wildman–Crippen MR) is 89.0 cm³/mol. The maximum absolute atomic E-state index is 13.1. The van der Waals surface area contributed by atoms with Crippen LogP contribution in [0.2, 0.25) is 0 Å². The lowest BCUT2D eigenvalue weighted by atomic mass is 9.92. The summed E-state index contributed by atoms with van der Waals surface area (Å²) in [5.41, 5.74) is 1.97. The van der Waals surface area contributed by atoms with Crippen LogP contribution in [-0.4, -0.2) is 41.6 Å². The molecule has 0 saturated carbocycles. The molecule has 128 valence electrons. The van der Waals surface area contributed by atoms with Crippen molar-refractivity contribution in [3.63, 3.8) is 0 Å². The minimum absolute atomic E-state index is 0.336. The summed E-state index contributed by atoms with van der Waals surface area (Å²) in [4.78, 5) is 26.4. The summed E-state index contributed by atoms with van der Waals surface area (Å²) < 4.78 is 11.1. The number of hydrogen-bond acceptors (Lipinski definition) is 4. The molecule has 0 radical (unpaired) electrons. The van der Waals surface area contributed by atoms with Crippen molar-refractivity contribution in [3.05, 3.63) is 59.2 Å². The lowest BCUT2D eigenvalue weighted by molar-refractivity contribution is -0.143. The van der Waals surface area contributed by atoms with Crippen molar-refractivity contribution in [2.24, 2.45) is 0 Å². The molecule has 4 rings (SSSR count). The summed E-state index contributed by atoms with van der Waals surface area (Å²) in [7, 11) is 0. The van der Waals surface area contributed by atoms with E-state index in [-0.39, 0.29) is 5.91 Å². The van der Waals surface area contributed by atoms with Gasteiger partial charge in [0, 0.05) is 6.54 Å². The largest absolute Gasteiger partial charge is 0.486 e. The first-order valence-electron chi connectivity index (χ1n) is 8.17. The van der Waals surface area contributed by atoms with E-state index in [0.717, 1.165) is 5.56 Å². The molecule has 6 nitrogen and oxygen atoms in total. The first-order valence-corrected chi connectivity index (χ1v) is 8.17. The predicted octanol–water partition coefficient (Wildman–Crippen LogP) is 2.28. The molecule has 1 atom stereocenters. The number of fused-ring (bicyclic) bond motifs is 2. The minimum atomic E-state index is -1.04. The highest BCUT2D eigenvalue weighted by Gasteiger charge is 2.37. The molecule has 6 heteroatoms. The summed E-state index contributed by atoms with van der Waals surface area (Å²) in [5.74, 6) is -0.491. The van der Waals surface area contributed by atoms with Gasteiger partial charge in [0.2, 0.25) is 0 Å². The van der Waals surface area contributed by atoms with E-state index in [1.807, 2.05) is 12.1 Å². The van der Waals surface area contributed by atoms with Crippen LogP contribution in [0.25, 0.3) is 0 Å². The highest BCUT2D eigenvalue weighted by Crippen LogP contribution is 2.37. The van der Waals surface area contributed by atoms with Crippen molar-refractivity contribution in [3.8, 4) is 11.5 Å². The van der Waals surface area contributed by atoms with E-state index in [2.05, 4.69) is 0 Å². The zero-order valence-electron chi connectivity index (χ0n) is 13.5. The standard InChI is InChI=1S/C19H17NO5/c21-18(14-6-3-7-15-17(14)25-11-10-24-15)20-9-8-12-4-1-2-5-13(12)16(20)19(22)23/h1-7,16H,8-11H2,(H,22,23). The van der Waals surface area contributed by atoms with Gasteiger partial charge in [-0.3, -0.25) is 4.79 Å². The Kier molecular flexibility index (Phi) is 3.80. The molecule has 2 aliphatic rings. The Labute approximate surface area is 144 Å². The molecule has 0 spiro atoms. The van der Waals surface area contributed by atoms with Crippen molar-refractivity contribution in [2.75, 3.05) is 19.8 Å². The molecule has 1 amide bonds. The number of amides is 1. The summed E-state index contributed by atoms with van der Waals surface area (Å²) >= 11 is 0. The van der Waals surface area contributed by atoms with Crippen molar-refractivity contribution in [2.45, 2.75) is 12.5 Å². The van der Waals surface area contributed by atoms with Crippen molar-refractivity contribution < 1.29 is 24.2 Å². The number of aliphatic carboxylic acids is 1. The molecular weight excluding hydrogens is 322 g/mol. The Hall–Kier alpha value is -3.02. The third kappa shape index (κ3) is 2.59. The zero-order valence-corrected chi connectivity index (χ0v) is 13.5. The molecule has 0 aliphatic carbocycles. The fraction of sp³-hybridized carbons (Fsp3) is 0.263. The van der Waals surface area contributed by atoms with Gasteiger partial charge >= 0.3 is 5.97 Å². The second-order valence-electron chi connectivity index (χ2n) is 6.02. The number of ether oxygens (including phenoxy) is 2. The number of benzene rings is 2. The Morgan fingerprint density at radius 1 is 1.04 bits per heavy atom. The maximum Gasteiger partial charge on any atom is 0.331 e. The molecule has 1 N–H and O–H groups in total. The van der Waals surface area contributed by atoms with Crippen LogP contribution < -0.4 is 9.47 Å². The van der Waals surface area contributed by atoms with E-state index in [1.165, 1.54) is 4.90 Å². The maximum atomic E-state index is 13.1. The van der Waals surface area contributed by atoms with Crippen LogP contribution in [0, 0.1) is 0 Å². The van der Waals surface area contributed by atoms with Gasteiger partial charge in [0.15, 0.2) is 17.5 Å². The number of nitrogens with zero attached hydrogens (tertiary/aromatic N) is 1. The summed E-state index contributed by atoms with van der Waals surface area (Å²) in [5, 5.41) is 9.74. The van der Waals surface area contributed by atoms with Gasteiger partial charge in [0.1, 0.15) is 13.2 Å². The van der Waals surface area contributed by atoms with E-state index in [4.69, 9.17) is 9.47 Å². The highest BCUT2D eigenvalue weighted by atomic mass is 16.6. The summed E-state index contributed by atoms with van der Waals surface area (Å²) in [6, 6.07) is 11.5. The van der Waals surface area contributed by atoms with Crippen LogP contribution >= 0.6 is 0 Å². The number of carbonyl (C=O) groups excluding carboxylic acids is 1. The van der Waals surface area contributed by atoms with Gasteiger partial charge in [-0.1, -0.05) is 30.3 Å². The summed E-state index contributed by atoms with van der Waals surface area (Å²) in [6.07, 6.45) is 0.623. The van der Waals surface area contributed by atoms with Gasteiger partial charge in [-0.25, -0.2) is 4.79 Å². The third-order valence-corrected chi connectivity index (χ3v) is 4.57. The number of carboxylic acids is 1. The van der Waals surface area contributed by atoms with Crippen LogP contribution in [0.15, 0.2) is 42.5 Å². The van der Waals surface area contributed by atoms with E-state index < -0.39 is 12.0 Å². The molecule has 2 aliphatic heterocycles. The molecular formula is C19H17NO5. The molecule has 2 heterocycles. The van der Waals surface area contributed by atoms with E-state index in [0.29, 0.717) is 48.8 Å². The topological polar surface area (TPSA) is 76.1 Å². The lowest BCUT2D eigenvalue weighted by Crippen LogP contribution is -2.43. The fourth-order valence-corrected chi connectivity index (χ4v) is 3.45. The number of para-hydroxylation sites is 1. The highest BCUT2D eigenvalue weighted by molar-refractivity contribution is 6.00. The average molecular weight is 339 g/mol. The van der Waals surface area contributed by atoms with Crippen molar-refractivity contribution in [1.82, 2.24) is 4.90 Å². The van der Waals surface area contributed by atoms with Crippen LogP contribution in [0.3, 0.4) is 0 Å². The van der Waals surface area contributed by atoms with Gasteiger partial charge in [-0.15, -0.1) is 0 Å². The van der Waals surface area contributed by atoms with Crippen LogP contribution in [0.1, 0.15) is 27.5 Å². The minimum Gasteiger partial charge on any atom is -0.486 e. The van der Waals surface area contributed by atoms with Gasteiger partial charge in [-0.2, -0.15) is 0 Å². The number of hydrogen-bond donors (Lipinski definition) is 1. The van der Waals surface area contributed by atoms with Crippen molar-refractivity contribution in [1.29, 1.82) is 0 Å². The number of rotatable bonds is 2. The number of carboxylic acid groups (broad SMARTS) is 1. The van der Waals surface area contributed by atoms with E-state index in [9.17, 15) is 14.7 Å². The lowest BCUT2D eigenvalue weighted by Gasteiger charge is -2.35. The van der Waals surface area contributed by atoms with Crippen molar-refractivity contribution >= 4 is 11.9 Å². The molecule has 0 aromatic heterocycles. The van der Waals surface area contributed by atoms with E-state index >= 15 is 0 Å². The Balaban J connectivity index is 1.74.